The van der Waals surface area contributed by atoms with Gasteiger partial charge in [-0.05, 0) is 30.4 Å². The third-order valence-electron chi connectivity index (χ3n) is 9.59. The van der Waals surface area contributed by atoms with Gasteiger partial charge in [-0.2, -0.15) is 0 Å². The van der Waals surface area contributed by atoms with Crippen LogP contribution in [0, 0.1) is 0 Å². The van der Waals surface area contributed by atoms with Crippen LogP contribution in [-0.2, 0) is 18.4 Å². The van der Waals surface area contributed by atoms with Crippen molar-refractivity contribution < 1.29 is 4.57 Å². The summed E-state index contributed by atoms with van der Waals surface area (Å²) in [7, 11) is 0. The Balaban J connectivity index is 1.55. The summed E-state index contributed by atoms with van der Waals surface area (Å²) in [5.41, 5.74) is 2.89. The van der Waals surface area contributed by atoms with Crippen LogP contribution in [0.4, 0.5) is 0 Å². The van der Waals surface area contributed by atoms with E-state index < -0.39 is 0 Å². The summed E-state index contributed by atoms with van der Waals surface area (Å²) in [6.45, 7) is 8.22. The molecular formula is C40H63N2+. The molecule has 0 radical (unpaired) electrons. The molecule has 2 unspecified atom stereocenters. The number of nitrogens with one attached hydrogen (secondary N) is 1. The van der Waals surface area contributed by atoms with Crippen LogP contribution in [0.5, 0.6) is 0 Å². The number of aryl methyl sites for hydroxylation is 1. The summed E-state index contributed by atoms with van der Waals surface area (Å²) in [6.07, 6.45) is 30.4. The maximum Gasteiger partial charge on any atom is 0.258 e. The standard InChI is InChI=1S/C40H62N2/c1-4-6-8-9-10-11-12-13-14-15-16-17-18-19-26-31-38(39-41-32-34-42(39)33-7-5-2)40(3,37-29-24-21-25-30-37)35-36-27-22-20-23-28-36/h20-25,27-30,32,34,38H,4-19,26,31,33,35H2,1-3H3/p+1. The molecule has 0 saturated heterocycles. The second-order valence-corrected chi connectivity index (χ2v) is 13.1. The molecule has 0 aliphatic rings. The van der Waals surface area contributed by atoms with E-state index in [9.17, 15) is 0 Å². The summed E-state index contributed by atoms with van der Waals surface area (Å²) in [4.78, 5) is 3.74. The summed E-state index contributed by atoms with van der Waals surface area (Å²) in [6, 6.07) is 22.5. The second kappa shape index (κ2) is 20.5. The molecule has 2 nitrogen and oxygen atoms in total. The van der Waals surface area contributed by atoms with Crippen molar-refractivity contribution in [3.05, 3.63) is 90.0 Å². The lowest BCUT2D eigenvalue weighted by Crippen LogP contribution is -2.43. The van der Waals surface area contributed by atoms with Crippen LogP contribution in [0.3, 0.4) is 0 Å². The summed E-state index contributed by atoms with van der Waals surface area (Å²) in [5.74, 6) is 1.85. The van der Waals surface area contributed by atoms with E-state index in [1.54, 1.807) is 0 Å². The van der Waals surface area contributed by atoms with E-state index >= 15 is 0 Å². The monoisotopic (exact) mass is 571 g/mol. The molecule has 3 rings (SSSR count). The second-order valence-electron chi connectivity index (χ2n) is 13.1. The van der Waals surface area contributed by atoms with Crippen LogP contribution in [0.25, 0.3) is 0 Å². The van der Waals surface area contributed by atoms with E-state index in [0.29, 0.717) is 5.92 Å². The van der Waals surface area contributed by atoms with Gasteiger partial charge in [-0.3, -0.25) is 0 Å². The molecule has 0 amide bonds. The summed E-state index contributed by atoms with van der Waals surface area (Å²) in [5, 5.41) is 0. The lowest BCUT2D eigenvalue weighted by Gasteiger charge is -2.37. The van der Waals surface area contributed by atoms with Crippen LogP contribution in [0.15, 0.2) is 73.1 Å². The average Bonchev–Trinajstić information content (AvgIpc) is 3.48. The molecule has 42 heavy (non-hydrogen) atoms. The van der Waals surface area contributed by atoms with Crippen LogP contribution in [-0.4, -0.2) is 4.98 Å². The highest BCUT2D eigenvalue weighted by molar-refractivity contribution is 5.32. The quantitative estimate of drug-likeness (QED) is 0.0815. The Hall–Kier alpha value is -2.35. The zero-order chi connectivity index (χ0) is 29.7. The Kier molecular flexibility index (Phi) is 16.7. The molecule has 0 bridgehead atoms. The first-order chi connectivity index (χ1) is 20.7. The SMILES string of the molecule is CCCCCCCCCCCCCCCCCC(c1[nH]cc[n+]1CCCC)C(C)(Cc1ccccc1)c1ccccc1. The number of imidazole rings is 1. The van der Waals surface area contributed by atoms with Gasteiger partial charge in [0.15, 0.2) is 0 Å². The van der Waals surface area contributed by atoms with Crippen LogP contribution < -0.4 is 4.57 Å². The van der Waals surface area contributed by atoms with Crippen molar-refractivity contribution in [1.29, 1.82) is 0 Å². The zero-order valence-corrected chi connectivity index (χ0v) is 27.6. The summed E-state index contributed by atoms with van der Waals surface area (Å²) < 4.78 is 2.52. The Bertz CT molecular complexity index is 1040. The molecule has 232 valence electrons. The molecular weight excluding hydrogens is 508 g/mol. The smallest absolute Gasteiger partial charge is 0.247 e. The molecule has 0 fully saturated rings. The van der Waals surface area contributed by atoms with Crippen molar-refractivity contribution in [2.45, 2.75) is 161 Å². The largest absolute Gasteiger partial charge is 0.258 e. The maximum absolute atomic E-state index is 3.74. The van der Waals surface area contributed by atoms with Gasteiger partial charge in [0, 0.05) is 5.41 Å². The molecule has 0 saturated carbocycles. The molecule has 1 N–H and O–H groups in total. The number of hydrogen-bond acceptors (Lipinski definition) is 0. The van der Waals surface area contributed by atoms with Gasteiger partial charge in [-0.25, -0.2) is 9.55 Å². The van der Waals surface area contributed by atoms with E-state index in [2.05, 4.69) is 103 Å². The number of aromatic nitrogens is 2. The molecule has 1 heterocycles. The number of benzene rings is 2. The van der Waals surface area contributed by atoms with Crippen molar-refractivity contribution in [2.24, 2.45) is 0 Å². The molecule has 2 atom stereocenters. The number of hydrogen-bond donors (Lipinski definition) is 1. The van der Waals surface area contributed by atoms with E-state index in [0.717, 1.165) is 13.0 Å². The third kappa shape index (κ3) is 11.7. The first kappa shape index (κ1) is 34.1. The minimum atomic E-state index is 0.0113. The highest BCUT2D eigenvalue weighted by Gasteiger charge is 2.41. The number of nitrogens with zero attached hydrogens (tertiary/aromatic N) is 1. The van der Waals surface area contributed by atoms with E-state index in [4.69, 9.17) is 0 Å². The zero-order valence-electron chi connectivity index (χ0n) is 27.6. The molecule has 0 aliphatic carbocycles. The van der Waals surface area contributed by atoms with E-state index in [-0.39, 0.29) is 5.41 Å². The Labute approximate surface area is 259 Å². The number of H-pyrrole nitrogens is 1. The highest BCUT2D eigenvalue weighted by Crippen LogP contribution is 2.43. The van der Waals surface area contributed by atoms with Crippen molar-refractivity contribution in [2.75, 3.05) is 0 Å². The predicted molar refractivity (Wildman–Crippen MR) is 182 cm³/mol. The number of unbranched alkanes of at least 4 members (excludes halogenated alkanes) is 15. The Morgan fingerprint density at radius 2 is 1.12 bits per heavy atom. The van der Waals surface area contributed by atoms with E-state index in [1.807, 2.05) is 0 Å². The third-order valence-corrected chi connectivity index (χ3v) is 9.59. The predicted octanol–water partition coefficient (Wildman–Crippen LogP) is 11.6. The Morgan fingerprint density at radius 3 is 1.67 bits per heavy atom. The van der Waals surface area contributed by atoms with Gasteiger partial charge < -0.3 is 0 Å². The van der Waals surface area contributed by atoms with Gasteiger partial charge in [0.2, 0.25) is 0 Å². The first-order valence-corrected chi connectivity index (χ1v) is 17.8. The molecule has 2 heteroatoms. The molecule has 2 aromatic carbocycles. The molecule has 3 aromatic rings. The topological polar surface area (TPSA) is 19.7 Å². The molecule has 0 spiro atoms. The fourth-order valence-electron chi connectivity index (χ4n) is 6.94. The molecule has 0 aliphatic heterocycles. The van der Waals surface area contributed by atoms with Gasteiger partial charge >= 0.3 is 0 Å². The number of rotatable bonds is 24. The molecule has 1 aromatic heterocycles. The minimum Gasteiger partial charge on any atom is -0.247 e. The lowest BCUT2D eigenvalue weighted by molar-refractivity contribution is -0.705. The highest BCUT2D eigenvalue weighted by atomic mass is 15.1. The van der Waals surface area contributed by atoms with Crippen molar-refractivity contribution in [3.8, 4) is 0 Å². The maximum atomic E-state index is 3.74. The normalized spacial score (nSPS) is 13.7. The van der Waals surface area contributed by atoms with Gasteiger partial charge in [0.1, 0.15) is 12.4 Å². The fraction of sp³-hybridized carbons (Fsp3) is 0.625. The van der Waals surface area contributed by atoms with Crippen LogP contribution in [0.1, 0.15) is 159 Å². The summed E-state index contributed by atoms with van der Waals surface area (Å²) >= 11 is 0. The van der Waals surface area contributed by atoms with Gasteiger partial charge in [0.05, 0.1) is 12.5 Å². The first-order valence-electron chi connectivity index (χ1n) is 17.8. The number of aromatic amines is 1. The fourth-order valence-corrected chi connectivity index (χ4v) is 6.94. The van der Waals surface area contributed by atoms with Crippen molar-refractivity contribution in [3.63, 3.8) is 0 Å². The Morgan fingerprint density at radius 1 is 0.619 bits per heavy atom. The van der Waals surface area contributed by atoms with Crippen molar-refractivity contribution in [1.82, 2.24) is 4.98 Å². The van der Waals surface area contributed by atoms with E-state index in [1.165, 1.54) is 133 Å². The van der Waals surface area contributed by atoms with Crippen LogP contribution in [0.2, 0.25) is 0 Å². The minimum absolute atomic E-state index is 0.0113. The lowest BCUT2D eigenvalue weighted by atomic mass is 9.66. The van der Waals surface area contributed by atoms with Gasteiger partial charge in [0.25, 0.3) is 5.82 Å². The van der Waals surface area contributed by atoms with Crippen molar-refractivity contribution >= 4 is 0 Å². The van der Waals surface area contributed by atoms with Gasteiger partial charge in [-0.15, -0.1) is 0 Å². The van der Waals surface area contributed by atoms with Crippen LogP contribution >= 0.6 is 0 Å². The average molecular weight is 572 g/mol. The van der Waals surface area contributed by atoms with Gasteiger partial charge in [-0.1, -0.05) is 184 Å².